The average Bonchev–Trinajstić information content (AvgIpc) is 2.83. The van der Waals surface area contributed by atoms with Crippen molar-refractivity contribution in [3.8, 4) is 0 Å². The molecule has 0 aliphatic carbocycles. The molecule has 0 radical (unpaired) electrons. The first kappa shape index (κ1) is 11.5. The third-order valence-corrected chi connectivity index (χ3v) is 3.16. The van der Waals surface area contributed by atoms with Gasteiger partial charge in [0.05, 0.1) is 11.1 Å². The first-order chi connectivity index (χ1) is 9.25. The standard InChI is InChI=1S/C15H12N2O2/c18-15(19)13-4-2-1-3-12(13)10-17-8-6-11-9-16-7-5-14(11)17/h1-9H,10H2,(H,18,19). The number of fused-ring (bicyclic) bond motifs is 1. The molecule has 0 bridgehead atoms. The summed E-state index contributed by atoms with van der Waals surface area (Å²) >= 11 is 0. The van der Waals surface area contributed by atoms with Crippen LogP contribution in [0, 0.1) is 0 Å². The van der Waals surface area contributed by atoms with Crippen molar-refractivity contribution in [3.05, 3.63) is 66.1 Å². The Morgan fingerprint density at radius 3 is 2.89 bits per heavy atom. The highest BCUT2D eigenvalue weighted by atomic mass is 16.4. The highest BCUT2D eigenvalue weighted by Crippen LogP contribution is 2.17. The van der Waals surface area contributed by atoms with Gasteiger partial charge in [-0.05, 0) is 23.8 Å². The minimum atomic E-state index is -0.895. The van der Waals surface area contributed by atoms with Gasteiger partial charge in [0.1, 0.15) is 0 Å². The molecule has 3 rings (SSSR count). The van der Waals surface area contributed by atoms with Crippen molar-refractivity contribution < 1.29 is 9.90 Å². The van der Waals surface area contributed by atoms with Crippen molar-refractivity contribution in [2.75, 3.05) is 0 Å². The van der Waals surface area contributed by atoms with E-state index in [4.69, 9.17) is 0 Å². The molecule has 0 saturated carbocycles. The van der Waals surface area contributed by atoms with E-state index in [-0.39, 0.29) is 0 Å². The Balaban J connectivity index is 2.04. The summed E-state index contributed by atoms with van der Waals surface area (Å²) < 4.78 is 2.03. The molecule has 1 N–H and O–H groups in total. The van der Waals surface area contributed by atoms with Gasteiger partial charge in [-0.1, -0.05) is 18.2 Å². The Hall–Kier alpha value is -2.62. The zero-order valence-electron chi connectivity index (χ0n) is 10.2. The molecule has 1 aromatic carbocycles. The first-order valence-electron chi connectivity index (χ1n) is 5.96. The van der Waals surface area contributed by atoms with Gasteiger partial charge in [-0.3, -0.25) is 4.98 Å². The Kier molecular flexibility index (Phi) is 2.76. The number of hydrogen-bond acceptors (Lipinski definition) is 2. The fourth-order valence-corrected chi connectivity index (χ4v) is 2.23. The van der Waals surface area contributed by atoms with E-state index in [2.05, 4.69) is 4.98 Å². The molecule has 0 aliphatic rings. The number of aromatic nitrogens is 2. The lowest BCUT2D eigenvalue weighted by Gasteiger charge is -2.08. The lowest BCUT2D eigenvalue weighted by Crippen LogP contribution is -2.06. The van der Waals surface area contributed by atoms with E-state index in [0.717, 1.165) is 16.5 Å². The van der Waals surface area contributed by atoms with E-state index in [1.807, 2.05) is 35.0 Å². The molecule has 2 aromatic heterocycles. The van der Waals surface area contributed by atoms with E-state index in [1.54, 1.807) is 24.5 Å². The van der Waals surface area contributed by atoms with E-state index in [1.165, 1.54) is 0 Å². The lowest BCUT2D eigenvalue weighted by atomic mass is 10.1. The summed E-state index contributed by atoms with van der Waals surface area (Å²) in [6.45, 7) is 0.538. The summed E-state index contributed by atoms with van der Waals surface area (Å²) in [5.74, 6) is -0.895. The summed E-state index contributed by atoms with van der Waals surface area (Å²) in [6.07, 6.45) is 5.49. The molecule has 4 heteroatoms. The van der Waals surface area contributed by atoms with E-state index >= 15 is 0 Å². The molecular formula is C15H12N2O2. The highest BCUT2D eigenvalue weighted by Gasteiger charge is 2.10. The number of pyridine rings is 1. The summed E-state index contributed by atoms with van der Waals surface area (Å²) in [5, 5.41) is 10.2. The third kappa shape index (κ3) is 2.08. The molecule has 3 aromatic rings. The largest absolute Gasteiger partial charge is 0.478 e. The summed E-state index contributed by atoms with van der Waals surface area (Å²) in [6, 6.07) is 11.0. The molecule has 0 fully saturated rings. The number of hydrogen-bond donors (Lipinski definition) is 1. The van der Waals surface area contributed by atoms with Gasteiger partial charge in [-0.25, -0.2) is 4.79 Å². The third-order valence-electron chi connectivity index (χ3n) is 3.16. The zero-order chi connectivity index (χ0) is 13.2. The van der Waals surface area contributed by atoms with Gasteiger partial charge in [-0.2, -0.15) is 0 Å². The van der Waals surface area contributed by atoms with Crippen LogP contribution in [-0.2, 0) is 6.54 Å². The van der Waals surface area contributed by atoms with Crippen LogP contribution in [0.1, 0.15) is 15.9 Å². The summed E-state index contributed by atoms with van der Waals surface area (Å²) in [5.41, 5.74) is 2.19. The quantitative estimate of drug-likeness (QED) is 0.779. The smallest absolute Gasteiger partial charge is 0.336 e. The number of aromatic carboxylic acids is 1. The van der Waals surface area contributed by atoms with Crippen molar-refractivity contribution in [2.45, 2.75) is 6.54 Å². The maximum Gasteiger partial charge on any atom is 0.336 e. The van der Waals surface area contributed by atoms with Gasteiger partial charge < -0.3 is 9.67 Å². The maximum absolute atomic E-state index is 11.2. The van der Waals surface area contributed by atoms with Crippen LogP contribution in [0.15, 0.2) is 55.0 Å². The van der Waals surface area contributed by atoms with Crippen molar-refractivity contribution in [2.24, 2.45) is 0 Å². The van der Waals surface area contributed by atoms with Gasteiger partial charge in [-0.15, -0.1) is 0 Å². The molecule has 0 spiro atoms. The number of rotatable bonds is 3. The average molecular weight is 252 g/mol. The molecule has 2 heterocycles. The number of carbonyl (C=O) groups is 1. The predicted molar refractivity (Wildman–Crippen MR) is 72.2 cm³/mol. The van der Waals surface area contributed by atoms with Crippen LogP contribution in [0.25, 0.3) is 10.9 Å². The monoisotopic (exact) mass is 252 g/mol. The topological polar surface area (TPSA) is 55.1 Å². The Morgan fingerprint density at radius 2 is 2.05 bits per heavy atom. The second-order valence-corrected chi connectivity index (χ2v) is 4.34. The molecule has 0 amide bonds. The van der Waals surface area contributed by atoms with Crippen molar-refractivity contribution in [1.82, 2.24) is 9.55 Å². The Bertz CT molecular complexity index is 746. The summed E-state index contributed by atoms with van der Waals surface area (Å²) in [7, 11) is 0. The Morgan fingerprint density at radius 1 is 1.21 bits per heavy atom. The van der Waals surface area contributed by atoms with Gasteiger partial charge >= 0.3 is 5.97 Å². The predicted octanol–water partition coefficient (Wildman–Crippen LogP) is 2.78. The number of carboxylic acids is 1. The number of benzene rings is 1. The molecular weight excluding hydrogens is 240 g/mol. The fraction of sp³-hybridized carbons (Fsp3) is 0.0667. The fourth-order valence-electron chi connectivity index (χ4n) is 2.23. The van der Waals surface area contributed by atoms with Gasteiger partial charge in [0.15, 0.2) is 0 Å². The van der Waals surface area contributed by atoms with Crippen molar-refractivity contribution >= 4 is 16.9 Å². The zero-order valence-corrected chi connectivity index (χ0v) is 10.2. The lowest BCUT2D eigenvalue weighted by molar-refractivity contribution is 0.0695. The van der Waals surface area contributed by atoms with Crippen LogP contribution in [0.5, 0.6) is 0 Å². The van der Waals surface area contributed by atoms with Gasteiger partial charge in [0.2, 0.25) is 0 Å². The van der Waals surface area contributed by atoms with Gasteiger partial charge in [0, 0.05) is 30.5 Å². The molecule has 0 unspecified atom stereocenters. The second kappa shape index (κ2) is 4.57. The van der Waals surface area contributed by atoms with Crippen LogP contribution in [-0.4, -0.2) is 20.6 Å². The van der Waals surface area contributed by atoms with Crippen molar-refractivity contribution in [1.29, 1.82) is 0 Å². The molecule has 4 nitrogen and oxygen atoms in total. The molecule has 0 saturated heterocycles. The van der Waals surface area contributed by atoms with Gasteiger partial charge in [0.25, 0.3) is 0 Å². The first-order valence-corrected chi connectivity index (χ1v) is 5.96. The second-order valence-electron chi connectivity index (χ2n) is 4.34. The van der Waals surface area contributed by atoms with E-state index in [9.17, 15) is 9.90 Å². The molecule has 0 atom stereocenters. The highest BCUT2D eigenvalue weighted by molar-refractivity contribution is 5.89. The maximum atomic E-state index is 11.2. The molecule has 19 heavy (non-hydrogen) atoms. The summed E-state index contributed by atoms with van der Waals surface area (Å²) in [4.78, 5) is 15.3. The van der Waals surface area contributed by atoms with Crippen LogP contribution >= 0.6 is 0 Å². The minimum absolute atomic E-state index is 0.346. The van der Waals surface area contributed by atoms with Crippen LogP contribution in [0.3, 0.4) is 0 Å². The normalized spacial score (nSPS) is 10.7. The van der Waals surface area contributed by atoms with Crippen molar-refractivity contribution in [3.63, 3.8) is 0 Å². The van der Waals surface area contributed by atoms with Crippen LogP contribution < -0.4 is 0 Å². The molecule has 0 aliphatic heterocycles. The van der Waals surface area contributed by atoms with Crippen LogP contribution in [0.4, 0.5) is 0 Å². The molecule has 94 valence electrons. The number of nitrogens with zero attached hydrogens (tertiary/aromatic N) is 2. The van der Waals surface area contributed by atoms with E-state index < -0.39 is 5.97 Å². The SMILES string of the molecule is O=C(O)c1ccccc1Cn1ccc2cnccc21. The van der Waals surface area contributed by atoms with E-state index in [0.29, 0.717) is 12.1 Å². The minimum Gasteiger partial charge on any atom is -0.478 e. The Labute approximate surface area is 109 Å². The number of carboxylic acid groups (broad SMARTS) is 1. The van der Waals surface area contributed by atoms with Crippen LogP contribution in [0.2, 0.25) is 0 Å².